The van der Waals surface area contributed by atoms with Crippen LogP contribution in [-0.2, 0) is 11.8 Å². The lowest BCUT2D eigenvalue weighted by Gasteiger charge is -2.34. The first kappa shape index (κ1) is 23.6. The number of amides is 1. The van der Waals surface area contributed by atoms with Gasteiger partial charge in [0.1, 0.15) is 5.52 Å². The molecule has 2 bridgehead atoms. The van der Waals surface area contributed by atoms with Gasteiger partial charge in [0.25, 0.3) is 5.91 Å². The zero-order valence-corrected chi connectivity index (χ0v) is 20.6. The van der Waals surface area contributed by atoms with Crippen molar-refractivity contribution in [1.82, 2.24) is 19.7 Å². The maximum atomic E-state index is 14.6. The molecule has 4 N–H and O–H groups in total. The lowest BCUT2D eigenvalue weighted by Crippen LogP contribution is -2.38. The van der Waals surface area contributed by atoms with Gasteiger partial charge in [-0.3, -0.25) is 9.48 Å². The van der Waals surface area contributed by atoms with Crippen molar-refractivity contribution in [3.05, 3.63) is 48.0 Å². The quantitative estimate of drug-likeness (QED) is 0.333. The number of nitrogens with one attached hydrogen (secondary N) is 2. The Morgan fingerprint density at radius 1 is 1.35 bits per heavy atom. The maximum absolute atomic E-state index is 14.6. The van der Waals surface area contributed by atoms with E-state index in [2.05, 4.69) is 25.7 Å². The zero-order valence-electron chi connectivity index (χ0n) is 20.6. The second-order valence-corrected chi connectivity index (χ2v) is 10.2. The van der Waals surface area contributed by atoms with Crippen LogP contribution in [-0.4, -0.2) is 57.6 Å². The van der Waals surface area contributed by atoms with E-state index in [0.29, 0.717) is 53.4 Å². The number of hydrogen-bond acceptors (Lipinski definition) is 8. The Bertz CT molecular complexity index is 1510. The lowest BCUT2D eigenvalue weighted by atomic mass is 9.71. The molecule has 2 aromatic heterocycles. The molecule has 1 saturated carbocycles. The normalized spacial score (nSPS) is 21.1. The number of anilines is 2. The van der Waals surface area contributed by atoms with Gasteiger partial charge in [0.2, 0.25) is 0 Å². The molecule has 1 amide bonds. The number of benzene rings is 2. The fraction of sp³-hybridized carbons (Fsp3) is 0.385. The molecule has 2 aromatic carbocycles. The molecule has 3 fully saturated rings. The third kappa shape index (κ3) is 4.44. The van der Waals surface area contributed by atoms with Gasteiger partial charge in [-0.2, -0.15) is 10.1 Å². The van der Waals surface area contributed by atoms with Gasteiger partial charge in [-0.15, -0.1) is 0 Å². The minimum absolute atomic E-state index is 0.0267. The molecule has 11 heteroatoms. The zero-order chi connectivity index (χ0) is 25.7. The molecule has 2 aliphatic heterocycles. The van der Waals surface area contributed by atoms with Crippen LogP contribution in [0.25, 0.3) is 21.8 Å². The summed E-state index contributed by atoms with van der Waals surface area (Å²) in [7, 11) is 1.72. The molecule has 4 aromatic rings. The molecule has 2 saturated heterocycles. The van der Waals surface area contributed by atoms with E-state index in [1.165, 1.54) is 10.7 Å². The third-order valence-corrected chi connectivity index (χ3v) is 6.98. The SMILES string of the molecule is C[C@H](N)CNc1ccc(C(=O)Nc2cc(F)c3nn(C)cc3c2)c2nc(OCC34COC(C3)C4)ncc12. The van der Waals surface area contributed by atoms with Crippen LogP contribution < -0.4 is 21.1 Å². The second kappa shape index (κ2) is 8.93. The van der Waals surface area contributed by atoms with Crippen molar-refractivity contribution < 1.29 is 18.7 Å². The van der Waals surface area contributed by atoms with Crippen molar-refractivity contribution in [2.24, 2.45) is 18.2 Å². The number of carbonyl (C=O) groups excluding carboxylic acids is 1. The number of carbonyl (C=O) groups is 1. The smallest absolute Gasteiger partial charge is 0.316 e. The minimum Gasteiger partial charge on any atom is -0.463 e. The van der Waals surface area contributed by atoms with Gasteiger partial charge in [-0.05, 0) is 44.0 Å². The molecule has 1 aliphatic carbocycles. The van der Waals surface area contributed by atoms with E-state index >= 15 is 0 Å². The highest BCUT2D eigenvalue weighted by molar-refractivity contribution is 6.14. The monoisotopic (exact) mass is 505 g/mol. The molecule has 7 rings (SSSR count). The Balaban J connectivity index is 1.32. The molecule has 0 unspecified atom stereocenters. The van der Waals surface area contributed by atoms with Crippen LogP contribution in [0.5, 0.6) is 6.01 Å². The molecule has 37 heavy (non-hydrogen) atoms. The molecular weight excluding hydrogens is 477 g/mol. The van der Waals surface area contributed by atoms with Crippen molar-refractivity contribution in [1.29, 1.82) is 0 Å². The summed E-state index contributed by atoms with van der Waals surface area (Å²) in [6.45, 7) is 3.58. The summed E-state index contributed by atoms with van der Waals surface area (Å²) in [5.74, 6) is -0.944. The first-order chi connectivity index (χ1) is 17.8. The topological polar surface area (TPSA) is 129 Å². The molecule has 0 radical (unpaired) electrons. The number of fused-ring (bicyclic) bond motifs is 3. The van der Waals surface area contributed by atoms with Crippen molar-refractivity contribution in [3.63, 3.8) is 0 Å². The molecule has 1 atom stereocenters. The highest BCUT2D eigenvalue weighted by Crippen LogP contribution is 2.50. The van der Waals surface area contributed by atoms with E-state index in [1.807, 2.05) is 6.92 Å². The first-order valence-corrected chi connectivity index (χ1v) is 12.3. The Morgan fingerprint density at radius 2 is 2.19 bits per heavy atom. The third-order valence-electron chi connectivity index (χ3n) is 6.98. The van der Waals surface area contributed by atoms with Gasteiger partial charge < -0.3 is 25.8 Å². The van der Waals surface area contributed by atoms with Crippen LogP contribution in [0.4, 0.5) is 15.8 Å². The van der Waals surface area contributed by atoms with Gasteiger partial charge in [-0.25, -0.2) is 9.37 Å². The Kier molecular flexibility index (Phi) is 5.68. The Morgan fingerprint density at radius 3 is 2.95 bits per heavy atom. The summed E-state index contributed by atoms with van der Waals surface area (Å²) >= 11 is 0. The lowest BCUT2D eigenvalue weighted by molar-refractivity contribution is 0.0785. The fourth-order valence-electron chi connectivity index (χ4n) is 5.08. The van der Waals surface area contributed by atoms with Crippen LogP contribution in [0, 0.1) is 11.2 Å². The summed E-state index contributed by atoms with van der Waals surface area (Å²) < 4.78 is 27.7. The summed E-state index contributed by atoms with van der Waals surface area (Å²) in [5.41, 5.74) is 8.00. The van der Waals surface area contributed by atoms with E-state index in [-0.39, 0.29) is 23.0 Å². The van der Waals surface area contributed by atoms with Crippen LogP contribution in [0.1, 0.15) is 30.1 Å². The highest BCUT2D eigenvalue weighted by Gasteiger charge is 2.52. The number of ether oxygens (including phenoxy) is 2. The van der Waals surface area contributed by atoms with Gasteiger partial charge in [0, 0.05) is 59.6 Å². The van der Waals surface area contributed by atoms with E-state index in [1.54, 1.807) is 37.6 Å². The van der Waals surface area contributed by atoms with E-state index in [4.69, 9.17) is 15.2 Å². The van der Waals surface area contributed by atoms with Crippen LogP contribution in [0.15, 0.2) is 36.7 Å². The molecular formula is C26H28FN7O3. The highest BCUT2D eigenvalue weighted by atomic mass is 19.1. The molecule has 10 nitrogen and oxygen atoms in total. The van der Waals surface area contributed by atoms with Crippen LogP contribution >= 0.6 is 0 Å². The van der Waals surface area contributed by atoms with E-state index in [0.717, 1.165) is 18.5 Å². The van der Waals surface area contributed by atoms with Gasteiger partial charge >= 0.3 is 6.01 Å². The van der Waals surface area contributed by atoms with Gasteiger partial charge in [0.15, 0.2) is 5.82 Å². The number of nitrogens with zero attached hydrogens (tertiary/aromatic N) is 4. The summed E-state index contributed by atoms with van der Waals surface area (Å²) in [4.78, 5) is 22.4. The predicted molar refractivity (Wildman–Crippen MR) is 137 cm³/mol. The first-order valence-electron chi connectivity index (χ1n) is 12.3. The standard InChI is InChI=1S/C26H28FN7O3/c1-14(28)9-29-21-4-3-18(24(35)31-16-5-15-11-34(2)33-22(15)20(27)6-16)23-19(21)10-30-25(32-23)37-13-26-7-17(8-26)36-12-26/h3-6,10-11,14,17,29H,7-9,12-13,28H2,1-2H3,(H,31,35)/t14-,17?,26?/m0/s1. The van der Waals surface area contributed by atoms with E-state index < -0.39 is 11.7 Å². The largest absolute Gasteiger partial charge is 0.463 e. The maximum Gasteiger partial charge on any atom is 0.316 e. The Labute approximate surface area is 212 Å². The van der Waals surface area contributed by atoms with Crippen molar-refractivity contribution in [2.45, 2.75) is 31.9 Å². The van der Waals surface area contributed by atoms with E-state index in [9.17, 15) is 9.18 Å². The number of aromatic nitrogens is 4. The van der Waals surface area contributed by atoms with Crippen molar-refractivity contribution >= 4 is 39.1 Å². The van der Waals surface area contributed by atoms with Crippen molar-refractivity contribution in [3.8, 4) is 6.01 Å². The van der Waals surface area contributed by atoms with Crippen LogP contribution in [0.2, 0.25) is 0 Å². The average molecular weight is 506 g/mol. The van der Waals surface area contributed by atoms with Gasteiger partial charge in [0.05, 0.1) is 30.4 Å². The predicted octanol–water partition coefficient (Wildman–Crippen LogP) is 3.22. The number of halogens is 1. The molecule has 0 spiro atoms. The second-order valence-electron chi connectivity index (χ2n) is 10.2. The average Bonchev–Trinajstić information content (AvgIpc) is 3.55. The number of hydrogen-bond donors (Lipinski definition) is 3. The number of rotatable bonds is 8. The summed E-state index contributed by atoms with van der Waals surface area (Å²) in [5, 5.41) is 11.4. The van der Waals surface area contributed by atoms with Crippen molar-refractivity contribution in [2.75, 3.05) is 30.4 Å². The number of nitrogens with two attached hydrogens (primary N) is 1. The summed E-state index contributed by atoms with van der Waals surface area (Å²) in [6.07, 6.45) is 5.64. The molecule has 4 heterocycles. The molecule has 3 aliphatic rings. The number of aryl methyl sites for hydroxylation is 1. The van der Waals surface area contributed by atoms with Gasteiger partial charge in [-0.1, -0.05) is 0 Å². The van der Waals surface area contributed by atoms with Crippen LogP contribution in [0.3, 0.4) is 0 Å². The summed E-state index contributed by atoms with van der Waals surface area (Å²) in [6, 6.07) is 6.53. The molecule has 192 valence electrons. The Hall–Kier alpha value is -3.83. The minimum atomic E-state index is -0.514. The fourth-order valence-corrected chi connectivity index (χ4v) is 5.08.